The van der Waals surface area contributed by atoms with E-state index in [0.29, 0.717) is 16.2 Å². The van der Waals surface area contributed by atoms with E-state index in [-0.39, 0.29) is 5.91 Å². The van der Waals surface area contributed by atoms with Crippen molar-refractivity contribution in [2.75, 3.05) is 5.32 Å². The quantitative estimate of drug-likeness (QED) is 0.595. The highest BCUT2D eigenvalue weighted by Crippen LogP contribution is 2.26. The maximum Gasteiger partial charge on any atom is 0.259 e. The van der Waals surface area contributed by atoms with Crippen molar-refractivity contribution < 1.29 is 4.79 Å². The number of aromatic amines is 1. The van der Waals surface area contributed by atoms with Gasteiger partial charge in [-0.15, -0.1) is 0 Å². The molecule has 2 heterocycles. The lowest BCUT2D eigenvalue weighted by Gasteiger charge is -2.02. The molecule has 0 unspecified atom stereocenters. The van der Waals surface area contributed by atoms with Crippen LogP contribution in [0.15, 0.2) is 48.8 Å². The fourth-order valence-corrected chi connectivity index (χ4v) is 3.10. The number of benzene rings is 2. The van der Waals surface area contributed by atoms with Crippen molar-refractivity contribution in [2.24, 2.45) is 0 Å². The Labute approximate surface area is 123 Å². The summed E-state index contributed by atoms with van der Waals surface area (Å²) in [6, 6.07) is 13.3. The number of nitrogens with zero attached hydrogens (tertiary/aromatic N) is 2. The van der Waals surface area contributed by atoms with E-state index in [1.54, 1.807) is 12.4 Å². The van der Waals surface area contributed by atoms with Crippen molar-refractivity contribution in [3.05, 3.63) is 54.4 Å². The molecule has 0 radical (unpaired) electrons. The number of fused-ring (bicyclic) bond motifs is 2. The minimum absolute atomic E-state index is 0.202. The van der Waals surface area contributed by atoms with Crippen LogP contribution < -0.4 is 5.32 Å². The molecule has 102 valence electrons. The molecule has 5 nitrogen and oxygen atoms in total. The number of para-hydroxylation sites is 2. The first kappa shape index (κ1) is 12.0. The SMILES string of the molecule is O=C(Nc1nc2ccccc2s1)c1cccc2[nH]cnc12. The van der Waals surface area contributed by atoms with Crippen molar-refractivity contribution in [1.29, 1.82) is 0 Å². The molecule has 0 bridgehead atoms. The van der Waals surface area contributed by atoms with Crippen LogP contribution in [0.4, 0.5) is 5.13 Å². The number of thiazole rings is 1. The van der Waals surface area contributed by atoms with E-state index in [0.717, 1.165) is 15.7 Å². The second kappa shape index (κ2) is 4.68. The van der Waals surface area contributed by atoms with Crippen molar-refractivity contribution in [2.45, 2.75) is 0 Å². The van der Waals surface area contributed by atoms with Gasteiger partial charge in [-0.25, -0.2) is 9.97 Å². The molecule has 4 rings (SSSR count). The third-order valence-corrected chi connectivity index (χ3v) is 4.16. The molecule has 0 aliphatic carbocycles. The zero-order chi connectivity index (χ0) is 14.2. The number of hydrogen-bond acceptors (Lipinski definition) is 4. The van der Waals surface area contributed by atoms with Gasteiger partial charge in [0.05, 0.1) is 27.6 Å². The van der Waals surface area contributed by atoms with Crippen molar-refractivity contribution in [1.82, 2.24) is 15.0 Å². The maximum atomic E-state index is 12.4. The van der Waals surface area contributed by atoms with Crippen molar-refractivity contribution in [3.8, 4) is 0 Å². The maximum absolute atomic E-state index is 12.4. The lowest BCUT2D eigenvalue weighted by Crippen LogP contribution is -2.12. The number of H-pyrrole nitrogens is 1. The van der Waals surface area contributed by atoms with Gasteiger partial charge in [0.25, 0.3) is 5.91 Å². The monoisotopic (exact) mass is 294 g/mol. The summed E-state index contributed by atoms with van der Waals surface area (Å²) in [5, 5.41) is 3.44. The van der Waals surface area contributed by atoms with Crippen LogP contribution in [0.2, 0.25) is 0 Å². The first-order valence-electron chi connectivity index (χ1n) is 6.40. The Bertz CT molecular complexity index is 923. The van der Waals surface area contributed by atoms with E-state index >= 15 is 0 Å². The second-order valence-corrected chi connectivity index (χ2v) is 5.58. The van der Waals surface area contributed by atoms with Crippen LogP contribution in [0, 0.1) is 0 Å². The van der Waals surface area contributed by atoms with Crippen LogP contribution in [0.3, 0.4) is 0 Å². The van der Waals surface area contributed by atoms with Crippen LogP contribution in [0.1, 0.15) is 10.4 Å². The van der Waals surface area contributed by atoms with Crippen LogP contribution in [-0.2, 0) is 0 Å². The third kappa shape index (κ3) is 2.05. The van der Waals surface area contributed by atoms with Crippen molar-refractivity contribution in [3.63, 3.8) is 0 Å². The Hall–Kier alpha value is -2.73. The molecule has 0 fully saturated rings. The highest BCUT2D eigenvalue weighted by atomic mass is 32.1. The van der Waals surface area contributed by atoms with Gasteiger partial charge in [0.15, 0.2) is 5.13 Å². The molecule has 2 aromatic carbocycles. The molecule has 0 saturated heterocycles. The Morgan fingerprint density at radius 3 is 2.95 bits per heavy atom. The van der Waals surface area contributed by atoms with Crippen LogP contribution in [0.25, 0.3) is 21.3 Å². The highest BCUT2D eigenvalue weighted by molar-refractivity contribution is 7.22. The normalized spacial score (nSPS) is 11.0. The minimum Gasteiger partial charge on any atom is -0.345 e. The Kier molecular flexibility index (Phi) is 2.68. The zero-order valence-corrected chi connectivity index (χ0v) is 11.6. The van der Waals surface area contributed by atoms with E-state index < -0.39 is 0 Å². The zero-order valence-electron chi connectivity index (χ0n) is 10.8. The molecule has 1 amide bonds. The predicted octanol–water partition coefficient (Wildman–Crippen LogP) is 3.42. The van der Waals surface area contributed by atoms with E-state index in [1.807, 2.05) is 36.4 Å². The standard InChI is InChI=1S/C15H10N4OS/c20-14(9-4-3-6-11-13(9)17-8-16-11)19-15-18-10-5-1-2-7-12(10)21-15/h1-8H,(H,16,17)(H,18,19,20). The number of imidazole rings is 1. The fraction of sp³-hybridized carbons (Fsp3) is 0. The first-order chi connectivity index (χ1) is 10.3. The fourth-order valence-electron chi connectivity index (χ4n) is 2.24. The molecule has 0 spiro atoms. The van der Waals surface area contributed by atoms with Gasteiger partial charge in [-0.3, -0.25) is 10.1 Å². The van der Waals surface area contributed by atoms with Gasteiger partial charge >= 0.3 is 0 Å². The summed E-state index contributed by atoms with van der Waals surface area (Å²) < 4.78 is 1.05. The Balaban J connectivity index is 1.70. The van der Waals surface area contributed by atoms with Gasteiger partial charge in [-0.2, -0.15) is 0 Å². The summed E-state index contributed by atoms with van der Waals surface area (Å²) in [5.41, 5.74) is 2.92. The van der Waals surface area contributed by atoms with Crippen LogP contribution in [-0.4, -0.2) is 20.9 Å². The molecule has 0 aliphatic rings. The lowest BCUT2D eigenvalue weighted by molar-refractivity contribution is 0.102. The van der Waals surface area contributed by atoms with E-state index in [9.17, 15) is 4.79 Å². The van der Waals surface area contributed by atoms with E-state index in [4.69, 9.17) is 0 Å². The van der Waals surface area contributed by atoms with Crippen molar-refractivity contribution >= 4 is 43.6 Å². The molecule has 2 aromatic heterocycles. The summed E-state index contributed by atoms with van der Waals surface area (Å²) in [5.74, 6) is -0.202. The minimum atomic E-state index is -0.202. The number of anilines is 1. The average molecular weight is 294 g/mol. The number of aromatic nitrogens is 3. The van der Waals surface area contributed by atoms with Gasteiger partial charge in [0.2, 0.25) is 0 Å². The van der Waals surface area contributed by atoms with Crippen LogP contribution >= 0.6 is 11.3 Å². The summed E-state index contributed by atoms with van der Waals surface area (Å²) in [6.45, 7) is 0. The van der Waals surface area contributed by atoms with Gasteiger partial charge in [-0.05, 0) is 24.3 Å². The number of amides is 1. The summed E-state index contributed by atoms with van der Waals surface area (Å²) in [7, 11) is 0. The molecule has 0 aliphatic heterocycles. The molecule has 21 heavy (non-hydrogen) atoms. The lowest BCUT2D eigenvalue weighted by atomic mass is 10.2. The molecule has 6 heteroatoms. The number of rotatable bonds is 2. The largest absolute Gasteiger partial charge is 0.345 e. The smallest absolute Gasteiger partial charge is 0.259 e. The summed E-state index contributed by atoms with van der Waals surface area (Å²) in [6.07, 6.45) is 1.58. The summed E-state index contributed by atoms with van der Waals surface area (Å²) in [4.78, 5) is 24.0. The molecular weight excluding hydrogens is 284 g/mol. The first-order valence-corrected chi connectivity index (χ1v) is 7.22. The van der Waals surface area contributed by atoms with Gasteiger partial charge < -0.3 is 4.98 Å². The Morgan fingerprint density at radius 2 is 2.05 bits per heavy atom. The predicted molar refractivity (Wildman–Crippen MR) is 83.7 cm³/mol. The highest BCUT2D eigenvalue weighted by Gasteiger charge is 2.13. The number of hydrogen-bond donors (Lipinski definition) is 2. The van der Waals surface area contributed by atoms with Gasteiger partial charge in [0, 0.05) is 0 Å². The number of carbonyl (C=O) groups is 1. The van der Waals surface area contributed by atoms with Gasteiger partial charge in [0.1, 0.15) is 5.52 Å². The molecule has 2 N–H and O–H groups in total. The topological polar surface area (TPSA) is 70.7 Å². The second-order valence-electron chi connectivity index (χ2n) is 4.55. The van der Waals surface area contributed by atoms with E-state index in [2.05, 4.69) is 20.3 Å². The molecular formula is C15H10N4OS. The van der Waals surface area contributed by atoms with Gasteiger partial charge in [-0.1, -0.05) is 29.5 Å². The molecule has 0 atom stereocenters. The molecule has 4 aromatic rings. The van der Waals surface area contributed by atoms with Crippen LogP contribution in [0.5, 0.6) is 0 Å². The summed E-state index contributed by atoms with van der Waals surface area (Å²) >= 11 is 1.46. The number of nitrogens with one attached hydrogen (secondary N) is 2. The number of carbonyl (C=O) groups excluding carboxylic acids is 1. The Morgan fingerprint density at radius 1 is 1.14 bits per heavy atom. The average Bonchev–Trinajstić information content (AvgIpc) is 3.12. The third-order valence-electron chi connectivity index (χ3n) is 3.21. The molecule has 0 saturated carbocycles. The van der Waals surface area contributed by atoms with E-state index in [1.165, 1.54) is 11.3 Å².